The van der Waals surface area contributed by atoms with Gasteiger partial charge in [-0.1, -0.05) is 41.4 Å². The highest BCUT2D eigenvalue weighted by molar-refractivity contribution is 7.92. The number of anilines is 1. The van der Waals surface area contributed by atoms with Gasteiger partial charge >= 0.3 is 0 Å². The van der Waals surface area contributed by atoms with E-state index < -0.39 is 10.0 Å². The van der Waals surface area contributed by atoms with Crippen molar-refractivity contribution < 1.29 is 8.42 Å². The van der Waals surface area contributed by atoms with E-state index in [4.69, 9.17) is 23.2 Å². The molecule has 0 saturated heterocycles. The Balaban J connectivity index is 2.27. The predicted molar refractivity (Wildman–Crippen MR) is 86.5 cm³/mol. The van der Waals surface area contributed by atoms with Gasteiger partial charge in [0.25, 0.3) is 10.0 Å². The third-order valence-electron chi connectivity index (χ3n) is 2.81. The van der Waals surface area contributed by atoms with Crippen LogP contribution < -0.4 is 10.0 Å². The molecule has 0 aliphatic rings. The quantitative estimate of drug-likeness (QED) is 0.872. The molecule has 112 valence electrons. The first kappa shape index (κ1) is 16.1. The van der Waals surface area contributed by atoms with E-state index in [-0.39, 0.29) is 15.6 Å². The third kappa shape index (κ3) is 3.89. The molecule has 0 aliphatic heterocycles. The first-order valence-electron chi connectivity index (χ1n) is 6.14. The van der Waals surface area contributed by atoms with E-state index in [0.717, 1.165) is 5.56 Å². The smallest absolute Gasteiger partial charge is 0.261 e. The van der Waals surface area contributed by atoms with Crippen LogP contribution >= 0.6 is 23.2 Å². The van der Waals surface area contributed by atoms with Crippen molar-refractivity contribution in [3.05, 3.63) is 58.1 Å². The van der Waals surface area contributed by atoms with E-state index in [9.17, 15) is 8.42 Å². The van der Waals surface area contributed by atoms with Crippen molar-refractivity contribution >= 4 is 38.9 Å². The van der Waals surface area contributed by atoms with Gasteiger partial charge in [-0.25, -0.2) is 8.42 Å². The average Bonchev–Trinajstić information content (AvgIpc) is 2.45. The number of sulfonamides is 1. The molecule has 7 heteroatoms. The van der Waals surface area contributed by atoms with Gasteiger partial charge in [0.2, 0.25) is 0 Å². The Labute approximate surface area is 134 Å². The predicted octanol–water partition coefficient (Wildman–Crippen LogP) is 3.51. The van der Waals surface area contributed by atoms with Crippen molar-refractivity contribution in [2.24, 2.45) is 0 Å². The van der Waals surface area contributed by atoms with Crippen LogP contribution in [0.1, 0.15) is 5.56 Å². The zero-order chi connectivity index (χ0) is 15.5. The molecule has 2 rings (SSSR count). The summed E-state index contributed by atoms with van der Waals surface area (Å²) in [7, 11) is -1.87. The molecule has 0 unspecified atom stereocenters. The van der Waals surface area contributed by atoms with Gasteiger partial charge in [-0.3, -0.25) is 4.72 Å². The minimum Gasteiger partial charge on any atom is -0.316 e. The average molecular weight is 345 g/mol. The summed E-state index contributed by atoms with van der Waals surface area (Å²) in [6.45, 7) is 0.674. The highest BCUT2D eigenvalue weighted by Crippen LogP contribution is 2.31. The van der Waals surface area contributed by atoms with Crippen LogP contribution in [0.2, 0.25) is 10.0 Å². The molecule has 0 heterocycles. The maximum atomic E-state index is 12.3. The largest absolute Gasteiger partial charge is 0.316 e. The van der Waals surface area contributed by atoms with Crippen molar-refractivity contribution in [2.45, 2.75) is 11.4 Å². The molecule has 0 spiro atoms. The SMILES string of the molecule is CNCc1ccc(S(=O)(=O)Nc2cccc(Cl)c2Cl)cc1. The second-order valence-corrected chi connectivity index (χ2v) is 6.85. The molecule has 0 fully saturated rings. The number of rotatable bonds is 5. The molecule has 0 saturated carbocycles. The summed E-state index contributed by atoms with van der Waals surface area (Å²) in [5.41, 5.74) is 1.25. The molecule has 4 nitrogen and oxygen atoms in total. The van der Waals surface area contributed by atoms with E-state index in [2.05, 4.69) is 10.0 Å². The molecular formula is C14H14Cl2N2O2S. The Bertz CT molecular complexity index is 731. The van der Waals surface area contributed by atoms with Crippen LogP contribution in [-0.2, 0) is 16.6 Å². The van der Waals surface area contributed by atoms with Crippen molar-refractivity contribution in [3.63, 3.8) is 0 Å². The van der Waals surface area contributed by atoms with Crippen molar-refractivity contribution in [1.29, 1.82) is 0 Å². The molecule has 0 aromatic heterocycles. The summed E-state index contributed by atoms with van der Waals surface area (Å²) >= 11 is 11.9. The topological polar surface area (TPSA) is 58.2 Å². The lowest BCUT2D eigenvalue weighted by molar-refractivity contribution is 0.601. The van der Waals surface area contributed by atoms with Gasteiger partial charge in [0.1, 0.15) is 0 Å². The van der Waals surface area contributed by atoms with Crippen LogP contribution in [0.4, 0.5) is 5.69 Å². The number of hydrogen-bond acceptors (Lipinski definition) is 3. The van der Waals surface area contributed by atoms with Gasteiger partial charge in [-0.2, -0.15) is 0 Å². The molecule has 21 heavy (non-hydrogen) atoms. The van der Waals surface area contributed by atoms with E-state index in [0.29, 0.717) is 11.6 Å². The summed E-state index contributed by atoms with van der Waals surface area (Å²) in [4.78, 5) is 0.165. The molecule has 2 aromatic carbocycles. The summed E-state index contributed by atoms with van der Waals surface area (Å²) in [6, 6.07) is 11.4. The molecular weight excluding hydrogens is 331 g/mol. The summed E-state index contributed by atoms with van der Waals surface area (Å²) in [5, 5.41) is 3.47. The molecule has 0 aliphatic carbocycles. The van der Waals surface area contributed by atoms with Crippen molar-refractivity contribution in [1.82, 2.24) is 5.32 Å². The van der Waals surface area contributed by atoms with Crippen LogP contribution in [-0.4, -0.2) is 15.5 Å². The van der Waals surface area contributed by atoms with Crippen LogP contribution in [0, 0.1) is 0 Å². The maximum Gasteiger partial charge on any atom is 0.261 e. The lowest BCUT2D eigenvalue weighted by Gasteiger charge is -2.11. The van der Waals surface area contributed by atoms with Gasteiger partial charge in [0.15, 0.2) is 0 Å². The molecule has 2 aromatic rings. The van der Waals surface area contributed by atoms with E-state index >= 15 is 0 Å². The minimum atomic E-state index is -3.70. The van der Waals surface area contributed by atoms with E-state index in [1.807, 2.05) is 7.05 Å². The summed E-state index contributed by atoms with van der Waals surface area (Å²) in [5.74, 6) is 0. The maximum absolute atomic E-state index is 12.3. The highest BCUT2D eigenvalue weighted by Gasteiger charge is 2.16. The number of benzene rings is 2. The monoisotopic (exact) mass is 344 g/mol. The Hall–Kier alpha value is -1.27. The fourth-order valence-electron chi connectivity index (χ4n) is 1.78. The van der Waals surface area contributed by atoms with Gasteiger partial charge in [-0.15, -0.1) is 0 Å². The lowest BCUT2D eigenvalue weighted by Crippen LogP contribution is -2.13. The van der Waals surface area contributed by atoms with Crippen molar-refractivity contribution in [3.8, 4) is 0 Å². The molecule has 0 amide bonds. The Morgan fingerprint density at radius 3 is 2.33 bits per heavy atom. The van der Waals surface area contributed by atoms with Gasteiger partial charge in [0, 0.05) is 6.54 Å². The standard InChI is InChI=1S/C14H14Cl2N2O2S/c1-17-9-10-5-7-11(8-6-10)21(19,20)18-13-4-2-3-12(15)14(13)16/h2-8,17-18H,9H2,1H3. The van der Waals surface area contributed by atoms with Gasteiger partial charge in [0.05, 0.1) is 20.6 Å². The van der Waals surface area contributed by atoms with E-state index in [1.165, 1.54) is 0 Å². The number of halogens is 2. The number of hydrogen-bond donors (Lipinski definition) is 2. The molecule has 2 N–H and O–H groups in total. The van der Waals surface area contributed by atoms with Crippen molar-refractivity contribution in [2.75, 3.05) is 11.8 Å². The summed E-state index contributed by atoms with van der Waals surface area (Å²) in [6.07, 6.45) is 0. The zero-order valence-electron chi connectivity index (χ0n) is 11.2. The van der Waals surface area contributed by atoms with Crippen LogP contribution in [0.15, 0.2) is 47.4 Å². The van der Waals surface area contributed by atoms with E-state index in [1.54, 1.807) is 42.5 Å². The highest BCUT2D eigenvalue weighted by atomic mass is 35.5. The Morgan fingerprint density at radius 1 is 1.05 bits per heavy atom. The van der Waals surface area contributed by atoms with Gasteiger partial charge in [-0.05, 0) is 36.9 Å². The molecule has 0 bridgehead atoms. The Morgan fingerprint density at radius 2 is 1.71 bits per heavy atom. The zero-order valence-corrected chi connectivity index (χ0v) is 13.6. The fraction of sp³-hybridized carbons (Fsp3) is 0.143. The molecule has 0 atom stereocenters. The normalized spacial score (nSPS) is 11.4. The first-order valence-corrected chi connectivity index (χ1v) is 8.38. The second kappa shape index (κ2) is 6.66. The fourth-order valence-corrected chi connectivity index (χ4v) is 3.25. The minimum absolute atomic E-state index is 0.165. The van der Waals surface area contributed by atoms with Crippen LogP contribution in [0.3, 0.4) is 0 Å². The second-order valence-electron chi connectivity index (χ2n) is 4.38. The lowest BCUT2D eigenvalue weighted by atomic mass is 10.2. The molecule has 0 radical (unpaired) electrons. The first-order chi connectivity index (χ1) is 9.94. The number of nitrogens with one attached hydrogen (secondary N) is 2. The van der Waals surface area contributed by atoms with Gasteiger partial charge < -0.3 is 5.32 Å². The van der Waals surface area contributed by atoms with Crippen LogP contribution in [0.5, 0.6) is 0 Å². The summed E-state index contributed by atoms with van der Waals surface area (Å²) < 4.78 is 27.0. The third-order valence-corrected chi connectivity index (χ3v) is 5.01. The Kier molecular flexibility index (Phi) is 5.11. The van der Waals surface area contributed by atoms with Crippen LogP contribution in [0.25, 0.3) is 0 Å².